The lowest BCUT2D eigenvalue weighted by Crippen LogP contribution is -2.50. The Morgan fingerprint density at radius 1 is 0.577 bits per heavy atom. The van der Waals surface area contributed by atoms with E-state index < -0.39 is 0 Å². The van der Waals surface area contributed by atoms with E-state index in [0.29, 0.717) is 24.7 Å². The highest BCUT2D eigenvalue weighted by Crippen LogP contribution is 2.28. The molecule has 0 unspecified atom stereocenters. The molecule has 0 aromatic rings. The summed E-state index contributed by atoms with van der Waals surface area (Å²) in [5, 5.41) is 0. The molecule has 0 atom stereocenters. The normalized spacial score (nSPS) is 23.2. The largest absolute Gasteiger partial charge is 0.339 e. The zero-order valence-electron chi connectivity index (χ0n) is 16.6. The maximum absolute atomic E-state index is 12.5. The Morgan fingerprint density at radius 2 is 0.923 bits per heavy atom. The van der Waals surface area contributed by atoms with Crippen molar-refractivity contribution in [3.05, 3.63) is 0 Å². The molecule has 148 valence electrons. The van der Waals surface area contributed by atoms with Crippen LogP contribution in [0, 0.1) is 11.8 Å². The lowest BCUT2D eigenvalue weighted by atomic mass is 9.86. The quantitative estimate of drug-likeness (QED) is 0.703. The van der Waals surface area contributed by atoms with Crippen LogP contribution in [-0.2, 0) is 9.59 Å². The molecule has 0 N–H and O–H groups in total. The topological polar surface area (TPSA) is 40.6 Å². The minimum atomic E-state index is 0.310. The van der Waals surface area contributed by atoms with E-state index in [4.69, 9.17) is 0 Å². The molecule has 3 aliphatic rings. The fourth-order valence-corrected chi connectivity index (χ4v) is 5.13. The Balaban J connectivity index is 1.31. The summed E-state index contributed by atoms with van der Waals surface area (Å²) in [6.07, 6.45) is 17.0. The molecule has 2 aliphatic carbocycles. The highest BCUT2D eigenvalue weighted by atomic mass is 16.2. The number of carbonyl (C=O) groups excluding carboxylic acids is 2. The molecule has 0 bridgehead atoms. The first-order valence-corrected chi connectivity index (χ1v) is 11.3. The maximum Gasteiger partial charge on any atom is 0.222 e. The second-order valence-electron chi connectivity index (χ2n) is 8.85. The standard InChI is InChI=1S/C22H38N2O2/c25-21(13-11-19-7-3-1-4-8-19)23-15-17-24(18-16-23)22(26)14-12-20-9-5-2-6-10-20/h19-20H,1-18H2. The van der Waals surface area contributed by atoms with Crippen LogP contribution in [0.5, 0.6) is 0 Å². The number of carbonyl (C=O) groups is 2. The molecule has 4 heteroatoms. The summed E-state index contributed by atoms with van der Waals surface area (Å²) in [5.41, 5.74) is 0. The SMILES string of the molecule is O=C(CCC1CCCCC1)N1CCN(C(=O)CCC2CCCCC2)CC1. The van der Waals surface area contributed by atoms with Crippen molar-refractivity contribution in [1.29, 1.82) is 0 Å². The van der Waals surface area contributed by atoms with E-state index in [0.717, 1.165) is 50.9 Å². The predicted octanol–water partition coefficient (Wildman–Crippen LogP) is 4.38. The number of amides is 2. The minimum absolute atomic E-state index is 0.310. The zero-order valence-corrected chi connectivity index (χ0v) is 16.6. The Bertz CT molecular complexity index is 403. The van der Waals surface area contributed by atoms with E-state index in [1.54, 1.807) is 0 Å². The van der Waals surface area contributed by atoms with Crippen LogP contribution in [-0.4, -0.2) is 47.8 Å². The van der Waals surface area contributed by atoms with Crippen LogP contribution in [0.15, 0.2) is 0 Å². The van der Waals surface area contributed by atoms with Crippen molar-refractivity contribution in [3.63, 3.8) is 0 Å². The van der Waals surface area contributed by atoms with Crippen molar-refractivity contribution < 1.29 is 9.59 Å². The van der Waals surface area contributed by atoms with Crippen LogP contribution in [0.4, 0.5) is 0 Å². The van der Waals surface area contributed by atoms with Gasteiger partial charge in [0, 0.05) is 39.0 Å². The van der Waals surface area contributed by atoms with Gasteiger partial charge in [-0.05, 0) is 24.7 Å². The molecular formula is C22H38N2O2. The summed E-state index contributed by atoms with van der Waals surface area (Å²) >= 11 is 0. The highest BCUT2D eigenvalue weighted by molar-refractivity contribution is 5.78. The Morgan fingerprint density at radius 3 is 1.27 bits per heavy atom. The average Bonchev–Trinajstić information content (AvgIpc) is 2.72. The molecule has 2 saturated carbocycles. The molecule has 26 heavy (non-hydrogen) atoms. The summed E-state index contributed by atoms with van der Waals surface area (Å²) in [6.45, 7) is 2.94. The lowest BCUT2D eigenvalue weighted by molar-refractivity contribution is -0.140. The van der Waals surface area contributed by atoms with Gasteiger partial charge in [-0.15, -0.1) is 0 Å². The van der Waals surface area contributed by atoms with Crippen LogP contribution in [0.3, 0.4) is 0 Å². The molecule has 2 amide bonds. The van der Waals surface area contributed by atoms with Crippen LogP contribution in [0.1, 0.15) is 89.9 Å². The Kier molecular flexibility index (Phi) is 7.82. The van der Waals surface area contributed by atoms with Crippen LogP contribution in [0.2, 0.25) is 0 Å². The molecule has 1 heterocycles. The fourth-order valence-electron chi connectivity index (χ4n) is 5.13. The molecular weight excluding hydrogens is 324 g/mol. The molecule has 1 aliphatic heterocycles. The lowest BCUT2D eigenvalue weighted by Gasteiger charge is -2.35. The van der Waals surface area contributed by atoms with Gasteiger partial charge in [0.2, 0.25) is 11.8 Å². The van der Waals surface area contributed by atoms with Gasteiger partial charge >= 0.3 is 0 Å². The van der Waals surface area contributed by atoms with Gasteiger partial charge in [0.1, 0.15) is 0 Å². The molecule has 0 spiro atoms. The fraction of sp³-hybridized carbons (Fsp3) is 0.909. The number of hydrogen-bond acceptors (Lipinski definition) is 2. The summed E-state index contributed by atoms with van der Waals surface area (Å²) < 4.78 is 0. The van der Waals surface area contributed by atoms with Crippen molar-refractivity contribution >= 4 is 11.8 Å². The third-order valence-corrected chi connectivity index (χ3v) is 6.97. The van der Waals surface area contributed by atoms with Gasteiger partial charge in [-0.25, -0.2) is 0 Å². The van der Waals surface area contributed by atoms with Crippen molar-refractivity contribution in [2.45, 2.75) is 89.9 Å². The smallest absolute Gasteiger partial charge is 0.222 e. The monoisotopic (exact) mass is 362 g/mol. The average molecular weight is 363 g/mol. The van der Waals surface area contributed by atoms with E-state index in [1.807, 2.05) is 9.80 Å². The summed E-state index contributed by atoms with van der Waals surface area (Å²) in [5.74, 6) is 2.17. The van der Waals surface area contributed by atoms with Crippen LogP contribution in [0.25, 0.3) is 0 Å². The van der Waals surface area contributed by atoms with Crippen molar-refractivity contribution in [2.75, 3.05) is 26.2 Å². The molecule has 4 nitrogen and oxygen atoms in total. The van der Waals surface area contributed by atoms with Gasteiger partial charge in [0.05, 0.1) is 0 Å². The molecule has 0 radical (unpaired) electrons. The van der Waals surface area contributed by atoms with Gasteiger partial charge in [0.15, 0.2) is 0 Å². The number of rotatable bonds is 6. The van der Waals surface area contributed by atoms with Crippen LogP contribution < -0.4 is 0 Å². The van der Waals surface area contributed by atoms with Gasteiger partial charge in [-0.3, -0.25) is 9.59 Å². The third-order valence-electron chi connectivity index (χ3n) is 6.97. The van der Waals surface area contributed by atoms with E-state index >= 15 is 0 Å². The highest BCUT2D eigenvalue weighted by Gasteiger charge is 2.25. The maximum atomic E-state index is 12.5. The van der Waals surface area contributed by atoms with Crippen molar-refractivity contribution in [3.8, 4) is 0 Å². The minimum Gasteiger partial charge on any atom is -0.339 e. The van der Waals surface area contributed by atoms with Gasteiger partial charge in [0.25, 0.3) is 0 Å². The second kappa shape index (κ2) is 10.3. The van der Waals surface area contributed by atoms with E-state index in [-0.39, 0.29) is 0 Å². The number of piperazine rings is 1. The van der Waals surface area contributed by atoms with Crippen LogP contribution >= 0.6 is 0 Å². The van der Waals surface area contributed by atoms with Gasteiger partial charge in [-0.2, -0.15) is 0 Å². The zero-order chi connectivity index (χ0) is 18.2. The van der Waals surface area contributed by atoms with Crippen molar-refractivity contribution in [2.24, 2.45) is 11.8 Å². The van der Waals surface area contributed by atoms with E-state index in [1.165, 1.54) is 64.2 Å². The first-order chi connectivity index (χ1) is 12.7. The summed E-state index contributed by atoms with van der Waals surface area (Å²) in [6, 6.07) is 0. The summed E-state index contributed by atoms with van der Waals surface area (Å²) in [4.78, 5) is 28.9. The number of hydrogen-bond donors (Lipinski definition) is 0. The van der Waals surface area contributed by atoms with Gasteiger partial charge < -0.3 is 9.80 Å². The first-order valence-electron chi connectivity index (χ1n) is 11.3. The molecule has 0 aromatic carbocycles. The first kappa shape index (κ1) is 19.7. The van der Waals surface area contributed by atoms with Gasteiger partial charge in [-0.1, -0.05) is 64.2 Å². The predicted molar refractivity (Wildman–Crippen MR) is 105 cm³/mol. The Labute approximate surface area is 159 Å². The molecule has 1 saturated heterocycles. The molecule has 3 rings (SSSR count). The van der Waals surface area contributed by atoms with E-state index in [2.05, 4.69) is 0 Å². The second-order valence-corrected chi connectivity index (χ2v) is 8.85. The van der Waals surface area contributed by atoms with E-state index in [9.17, 15) is 9.59 Å². The van der Waals surface area contributed by atoms with Crippen molar-refractivity contribution in [1.82, 2.24) is 9.80 Å². The summed E-state index contributed by atoms with van der Waals surface area (Å²) in [7, 11) is 0. The molecule has 3 fully saturated rings. The third kappa shape index (κ3) is 5.99. The number of nitrogens with zero attached hydrogens (tertiary/aromatic N) is 2. The molecule has 0 aromatic heterocycles. The Hall–Kier alpha value is -1.06.